The van der Waals surface area contributed by atoms with Gasteiger partial charge in [-0.1, -0.05) is 13.0 Å². The van der Waals surface area contributed by atoms with Crippen LogP contribution in [0.25, 0.3) is 0 Å². The summed E-state index contributed by atoms with van der Waals surface area (Å²) in [5, 5.41) is 0. The first-order valence-corrected chi connectivity index (χ1v) is 3.80. The Morgan fingerprint density at radius 3 is 2.77 bits per heavy atom. The van der Waals surface area contributed by atoms with E-state index < -0.39 is 17.6 Å². The number of hydrogen-bond donors (Lipinski definition) is 0. The van der Waals surface area contributed by atoms with Crippen LogP contribution >= 0.6 is 0 Å². The van der Waals surface area contributed by atoms with Crippen LogP contribution in [0.5, 0.6) is 5.75 Å². The molecule has 1 rings (SSSR count). The Morgan fingerprint density at radius 2 is 2.15 bits per heavy atom. The van der Waals surface area contributed by atoms with Crippen molar-refractivity contribution in [3.63, 3.8) is 0 Å². The van der Waals surface area contributed by atoms with E-state index in [0.29, 0.717) is 0 Å². The quantitative estimate of drug-likeness (QED) is 0.523. The van der Waals surface area contributed by atoms with Crippen LogP contribution in [0.4, 0.5) is 8.78 Å². The van der Waals surface area contributed by atoms with Gasteiger partial charge in [0.15, 0.2) is 11.6 Å². The van der Waals surface area contributed by atoms with Gasteiger partial charge in [0.2, 0.25) is 5.82 Å². The maximum absolute atomic E-state index is 12.8. The van der Waals surface area contributed by atoms with E-state index in [1.54, 1.807) is 6.92 Å². The molecule has 13 heavy (non-hydrogen) atoms. The maximum atomic E-state index is 12.8. The van der Waals surface area contributed by atoms with Gasteiger partial charge in [0.1, 0.15) is 0 Å². The van der Waals surface area contributed by atoms with Gasteiger partial charge in [-0.2, -0.15) is 4.39 Å². The molecule has 4 heteroatoms. The summed E-state index contributed by atoms with van der Waals surface area (Å²) in [5.74, 6) is -3.12. The molecule has 0 radical (unpaired) electrons. The van der Waals surface area contributed by atoms with Crippen LogP contribution in [0.3, 0.4) is 0 Å². The zero-order chi connectivity index (χ0) is 9.84. The number of halogens is 2. The number of esters is 1. The molecule has 0 atom stereocenters. The minimum atomic E-state index is -1.13. The molecule has 0 bridgehead atoms. The van der Waals surface area contributed by atoms with Gasteiger partial charge in [-0.3, -0.25) is 4.79 Å². The normalized spacial score (nSPS) is 9.77. The first-order chi connectivity index (χ1) is 6.15. The fourth-order valence-electron chi connectivity index (χ4n) is 0.758. The average Bonchev–Trinajstić information content (AvgIpc) is 2.13. The standard InChI is InChI=1S/C9H8F2O2/c1-2-8(12)13-7-5-3-4-6(10)9(7)11/h3-5H,2H2,1H3. The highest BCUT2D eigenvalue weighted by Crippen LogP contribution is 2.19. The van der Waals surface area contributed by atoms with E-state index >= 15 is 0 Å². The highest BCUT2D eigenvalue weighted by atomic mass is 19.2. The third-order valence-corrected chi connectivity index (χ3v) is 1.43. The number of hydrogen-bond acceptors (Lipinski definition) is 2. The summed E-state index contributed by atoms with van der Waals surface area (Å²) in [6.07, 6.45) is 0.121. The van der Waals surface area contributed by atoms with Crippen LogP contribution in [0.1, 0.15) is 13.3 Å². The molecule has 0 heterocycles. The van der Waals surface area contributed by atoms with E-state index in [1.165, 1.54) is 12.1 Å². The van der Waals surface area contributed by atoms with Gasteiger partial charge >= 0.3 is 5.97 Å². The molecule has 0 aromatic heterocycles. The lowest BCUT2D eigenvalue weighted by atomic mass is 10.3. The van der Waals surface area contributed by atoms with Crippen LogP contribution in [0, 0.1) is 11.6 Å². The predicted molar refractivity (Wildman–Crippen MR) is 42.3 cm³/mol. The molecule has 1 aromatic carbocycles. The Bertz CT molecular complexity index is 323. The summed E-state index contributed by atoms with van der Waals surface area (Å²) >= 11 is 0. The van der Waals surface area contributed by atoms with Crippen LogP contribution in [-0.4, -0.2) is 5.97 Å². The smallest absolute Gasteiger partial charge is 0.311 e. The van der Waals surface area contributed by atoms with Crippen molar-refractivity contribution in [2.75, 3.05) is 0 Å². The molecular weight excluding hydrogens is 178 g/mol. The first kappa shape index (κ1) is 9.64. The molecule has 0 N–H and O–H groups in total. The summed E-state index contributed by atoms with van der Waals surface area (Å²) < 4.78 is 29.9. The van der Waals surface area contributed by atoms with Crippen molar-refractivity contribution in [3.05, 3.63) is 29.8 Å². The Morgan fingerprint density at radius 1 is 1.46 bits per heavy atom. The second kappa shape index (κ2) is 3.98. The van der Waals surface area contributed by atoms with Gasteiger partial charge in [0, 0.05) is 6.42 Å². The minimum absolute atomic E-state index is 0.121. The van der Waals surface area contributed by atoms with Crippen LogP contribution in [0.2, 0.25) is 0 Å². The van der Waals surface area contributed by atoms with E-state index in [0.717, 1.165) is 6.07 Å². The van der Waals surface area contributed by atoms with Gasteiger partial charge in [-0.15, -0.1) is 0 Å². The van der Waals surface area contributed by atoms with Crippen molar-refractivity contribution in [3.8, 4) is 5.75 Å². The molecular formula is C9H8F2O2. The molecule has 0 aliphatic heterocycles. The lowest BCUT2D eigenvalue weighted by Gasteiger charge is -2.03. The molecule has 0 aliphatic carbocycles. The van der Waals surface area contributed by atoms with Crippen molar-refractivity contribution >= 4 is 5.97 Å². The monoisotopic (exact) mass is 186 g/mol. The predicted octanol–water partition coefficient (Wildman–Crippen LogP) is 2.28. The molecule has 0 fully saturated rings. The Hall–Kier alpha value is -1.45. The summed E-state index contributed by atoms with van der Waals surface area (Å²) in [4.78, 5) is 10.7. The second-order valence-corrected chi connectivity index (χ2v) is 2.38. The number of carbonyl (C=O) groups excluding carboxylic acids is 1. The first-order valence-electron chi connectivity index (χ1n) is 3.80. The van der Waals surface area contributed by atoms with Gasteiger partial charge in [-0.05, 0) is 12.1 Å². The van der Waals surface area contributed by atoms with Crippen molar-refractivity contribution < 1.29 is 18.3 Å². The summed E-state index contributed by atoms with van der Waals surface area (Å²) in [7, 11) is 0. The van der Waals surface area contributed by atoms with Crippen molar-refractivity contribution in [2.24, 2.45) is 0 Å². The summed E-state index contributed by atoms with van der Waals surface area (Å²) in [5.41, 5.74) is 0. The van der Waals surface area contributed by atoms with Crippen LogP contribution in [-0.2, 0) is 4.79 Å². The SMILES string of the molecule is CCC(=O)Oc1cccc(F)c1F. The van der Waals surface area contributed by atoms with E-state index in [4.69, 9.17) is 0 Å². The molecule has 0 saturated carbocycles. The fourth-order valence-corrected chi connectivity index (χ4v) is 0.758. The fraction of sp³-hybridized carbons (Fsp3) is 0.222. The average molecular weight is 186 g/mol. The highest BCUT2D eigenvalue weighted by Gasteiger charge is 2.11. The lowest BCUT2D eigenvalue weighted by molar-refractivity contribution is -0.134. The topological polar surface area (TPSA) is 26.3 Å². The number of ether oxygens (including phenoxy) is 1. The maximum Gasteiger partial charge on any atom is 0.311 e. The number of rotatable bonds is 2. The Kier molecular flexibility index (Phi) is 2.95. The zero-order valence-electron chi connectivity index (χ0n) is 7.01. The van der Waals surface area contributed by atoms with E-state index in [1.807, 2.05) is 0 Å². The van der Waals surface area contributed by atoms with Crippen molar-refractivity contribution in [1.82, 2.24) is 0 Å². The minimum Gasteiger partial charge on any atom is -0.423 e. The molecule has 2 nitrogen and oxygen atoms in total. The van der Waals surface area contributed by atoms with E-state index in [2.05, 4.69) is 4.74 Å². The molecule has 0 unspecified atom stereocenters. The molecule has 0 saturated heterocycles. The summed E-state index contributed by atoms with van der Waals surface area (Å²) in [6.45, 7) is 1.57. The van der Waals surface area contributed by atoms with Gasteiger partial charge < -0.3 is 4.74 Å². The number of benzene rings is 1. The van der Waals surface area contributed by atoms with Gasteiger partial charge in [0.05, 0.1) is 0 Å². The van der Waals surface area contributed by atoms with E-state index in [-0.39, 0.29) is 12.2 Å². The molecule has 1 aromatic rings. The number of carbonyl (C=O) groups is 1. The van der Waals surface area contributed by atoms with Gasteiger partial charge in [0.25, 0.3) is 0 Å². The largest absolute Gasteiger partial charge is 0.423 e. The van der Waals surface area contributed by atoms with E-state index in [9.17, 15) is 13.6 Å². The van der Waals surface area contributed by atoms with Crippen LogP contribution < -0.4 is 4.74 Å². The Balaban J connectivity index is 2.89. The summed E-state index contributed by atoms with van der Waals surface area (Å²) in [6, 6.07) is 3.43. The molecule has 70 valence electrons. The van der Waals surface area contributed by atoms with Gasteiger partial charge in [-0.25, -0.2) is 4.39 Å². The molecule has 0 aliphatic rings. The third kappa shape index (κ3) is 2.24. The highest BCUT2D eigenvalue weighted by molar-refractivity contribution is 5.71. The lowest BCUT2D eigenvalue weighted by Crippen LogP contribution is -2.07. The second-order valence-electron chi connectivity index (χ2n) is 2.38. The van der Waals surface area contributed by atoms with Crippen molar-refractivity contribution in [1.29, 1.82) is 0 Å². The zero-order valence-corrected chi connectivity index (χ0v) is 7.01. The third-order valence-electron chi connectivity index (χ3n) is 1.43. The molecule has 0 amide bonds. The van der Waals surface area contributed by atoms with Crippen molar-refractivity contribution in [2.45, 2.75) is 13.3 Å². The van der Waals surface area contributed by atoms with Crippen LogP contribution in [0.15, 0.2) is 18.2 Å². The Labute approximate surface area is 74.1 Å². The molecule has 0 spiro atoms.